The molecule has 0 heterocycles. The minimum atomic E-state index is -0.722. The van der Waals surface area contributed by atoms with E-state index < -0.39 is 5.97 Å². The predicted octanol–water partition coefficient (Wildman–Crippen LogP) is 5.41. The summed E-state index contributed by atoms with van der Waals surface area (Å²) in [5, 5.41) is 18.9. The van der Waals surface area contributed by atoms with Gasteiger partial charge in [0, 0.05) is 0 Å². The first-order chi connectivity index (χ1) is 10.1. The average molecular weight is 315 g/mol. The van der Waals surface area contributed by atoms with Gasteiger partial charge in [-0.2, -0.15) is 0 Å². The number of carbonyl (C=O) groups is 1. The Labute approximate surface area is 137 Å². The molecular formula is C19H38O3. The maximum atomic E-state index is 10.8. The molecule has 0 aromatic rings. The normalized spacial score (nSPS) is 14.1. The van der Waals surface area contributed by atoms with Gasteiger partial charge in [-0.3, -0.25) is 4.79 Å². The summed E-state index contributed by atoms with van der Waals surface area (Å²) in [7, 11) is 0. The molecule has 1 atom stereocenters. The van der Waals surface area contributed by atoms with Crippen molar-refractivity contribution in [2.75, 3.05) is 0 Å². The number of aliphatic hydroxyl groups excluding tert-OH is 1. The van der Waals surface area contributed by atoms with E-state index in [1.807, 2.05) is 13.8 Å². The van der Waals surface area contributed by atoms with Gasteiger partial charge in [-0.1, -0.05) is 66.7 Å². The first-order valence-electron chi connectivity index (χ1n) is 8.98. The molecule has 0 saturated heterocycles. The molecule has 0 aliphatic heterocycles. The first-order valence-corrected chi connectivity index (χ1v) is 8.98. The van der Waals surface area contributed by atoms with Crippen LogP contribution in [0.1, 0.15) is 98.8 Å². The summed E-state index contributed by atoms with van der Waals surface area (Å²) in [5.41, 5.74) is 0.295. The van der Waals surface area contributed by atoms with E-state index in [1.54, 1.807) is 0 Å². The fourth-order valence-electron chi connectivity index (χ4n) is 2.79. The lowest BCUT2D eigenvalue weighted by Crippen LogP contribution is -2.17. The van der Waals surface area contributed by atoms with Gasteiger partial charge in [0.25, 0.3) is 0 Å². The van der Waals surface area contributed by atoms with Crippen molar-refractivity contribution in [3.63, 3.8) is 0 Å². The molecule has 0 spiro atoms. The second kappa shape index (κ2) is 10.3. The van der Waals surface area contributed by atoms with Crippen LogP contribution in [0.25, 0.3) is 0 Å². The molecule has 0 rings (SSSR count). The zero-order chi connectivity index (χ0) is 17.2. The SMILES string of the molecule is CCC(C)(C)CCCCC(O)CCCCC(C)(C)CC(=O)O. The van der Waals surface area contributed by atoms with Gasteiger partial charge >= 0.3 is 5.97 Å². The Morgan fingerprint density at radius 1 is 0.909 bits per heavy atom. The van der Waals surface area contributed by atoms with Crippen LogP contribution in [0.4, 0.5) is 0 Å². The highest BCUT2D eigenvalue weighted by atomic mass is 16.4. The van der Waals surface area contributed by atoms with E-state index in [0.717, 1.165) is 38.5 Å². The van der Waals surface area contributed by atoms with E-state index in [1.165, 1.54) is 19.3 Å². The molecule has 2 N–H and O–H groups in total. The summed E-state index contributed by atoms with van der Waals surface area (Å²) in [5.74, 6) is -0.722. The van der Waals surface area contributed by atoms with Gasteiger partial charge < -0.3 is 10.2 Å². The lowest BCUT2D eigenvalue weighted by Gasteiger charge is -2.23. The molecule has 22 heavy (non-hydrogen) atoms. The van der Waals surface area contributed by atoms with Gasteiger partial charge in [0.15, 0.2) is 0 Å². The molecule has 3 heteroatoms. The van der Waals surface area contributed by atoms with Gasteiger partial charge in [0.1, 0.15) is 0 Å². The van der Waals surface area contributed by atoms with E-state index in [2.05, 4.69) is 20.8 Å². The largest absolute Gasteiger partial charge is 0.481 e. The molecule has 0 aliphatic rings. The van der Waals surface area contributed by atoms with E-state index in [-0.39, 0.29) is 17.9 Å². The van der Waals surface area contributed by atoms with Gasteiger partial charge in [0.05, 0.1) is 12.5 Å². The smallest absolute Gasteiger partial charge is 0.303 e. The van der Waals surface area contributed by atoms with Crippen LogP contribution in [0, 0.1) is 10.8 Å². The minimum absolute atomic E-state index is 0.136. The summed E-state index contributed by atoms with van der Waals surface area (Å²) in [6, 6.07) is 0. The average Bonchev–Trinajstić information content (AvgIpc) is 2.38. The van der Waals surface area contributed by atoms with Crippen molar-refractivity contribution in [3.05, 3.63) is 0 Å². The van der Waals surface area contributed by atoms with Crippen LogP contribution in [0.15, 0.2) is 0 Å². The Bertz CT molecular complexity index is 308. The molecule has 0 radical (unpaired) electrons. The van der Waals surface area contributed by atoms with Crippen LogP contribution in [-0.4, -0.2) is 22.3 Å². The summed E-state index contributed by atoms with van der Waals surface area (Å²) in [6.45, 7) is 10.9. The fraction of sp³-hybridized carbons (Fsp3) is 0.947. The Kier molecular flexibility index (Phi) is 9.99. The molecule has 0 bridgehead atoms. The highest BCUT2D eigenvalue weighted by Gasteiger charge is 2.21. The van der Waals surface area contributed by atoms with Crippen molar-refractivity contribution >= 4 is 5.97 Å². The molecular weight excluding hydrogens is 276 g/mol. The lowest BCUT2D eigenvalue weighted by atomic mass is 9.83. The zero-order valence-electron chi connectivity index (χ0n) is 15.5. The van der Waals surface area contributed by atoms with Crippen molar-refractivity contribution in [3.8, 4) is 0 Å². The van der Waals surface area contributed by atoms with E-state index in [0.29, 0.717) is 5.41 Å². The monoisotopic (exact) mass is 314 g/mol. The number of unbranched alkanes of at least 4 members (excludes halogenated alkanes) is 2. The van der Waals surface area contributed by atoms with Crippen molar-refractivity contribution in [2.24, 2.45) is 10.8 Å². The molecule has 1 unspecified atom stereocenters. The van der Waals surface area contributed by atoms with Crippen molar-refractivity contribution < 1.29 is 15.0 Å². The Morgan fingerprint density at radius 2 is 1.36 bits per heavy atom. The topological polar surface area (TPSA) is 57.5 Å². The van der Waals surface area contributed by atoms with Crippen LogP contribution in [0.3, 0.4) is 0 Å². The highest BCUT2D eigenvalue weighted by Crippen LogP contribution is 2.29. The molecule has 0 amide bonds. The molecule has 0 fully saturated rings. The number of aliphatic carboxylic acids is 1. The van der Waals surface area contributed by atoms with Gasteiger partial charge in [0.2, 0.25) is 0 Å². The van der Waals surface area contributed by atoms with Crippen LogP contribution < -0.4 is 0 Å². The third-order valence-corrected chi connectivity index (χ3v) is 4.87. The Hall–Kier alpha value is -0.570. The number of hydrogen-bond acceptors (Lipinski definition) is 2. The molecule has 0 aliphatic carbocycles. The van der Waals surface area contributed by atoms with Crippen LogP contribution >= 0.6 is 0 Å². The van der Waals surface area contributed by atoms with Crippen molar-refractivity contribution in [2.45, 2.75) is 105 Å². The molecule has 0 aromatic heterocycles. The zero-order valence-corrected chi connectivity index (χ0v) is 15.5. The maximum Gasteiger partial charge on any atom is 0.303 e. The van der Waals surface area contributed by atoms with Crippen molar-refractivity contribution in [1.82, 2.24) is 0 Å². The minimum Gasteiger partial charge on any atom is -0.481 e. The first kappa shape index (κ1) is 21.4. The second-order valence-corrected chi connectivity index (χ2v) is 8.40. The van der Waals surface area contributed by atoms with Crippen molar-refractivity contribution in [1.29, 1.82) is 0 Å². The van der Waals surface area contributed by atoms with Crippen LogP contribution in [0.2, 0.25) is 0 Å². The van der Waals surface area contributed by atoms with Crippen LogP contribution in [0.5, 0.6) is 0 Å². The number of aliphatic hydroxyl groups is 1. The summed E-state index contributed by atoms with van der Waals surface area (Å²) < 4.78 is 0. The standard InChI is InChI=1S/C19H38O3/c1-6-18(2,3)13-9-7-11-16(20)12-8-10-14-19(4,5)15-17(21)22/h16,20H,6-15H2,1-5H3,(H,21,22). The Balaban J connectivity index is 3.66. The summed E-state index contributed by atoms with van der Waals surface area (Å²) >= 11 is 0. The molecule has 3 nitrogen and oxygen atoms in total. The van der Waals surface area contributed by atoms with Gasteiger partial charge in [-0.25, -0.2) is 0 Å². The highest BCUT2D eigenvalue weighted by molar-refractivity contribution is 5.67. The summed E-state index contributed by atoms with van der Waals surface area (Å²) in [6.07, 6.45) is 9.44. The predicted molar refractivity (Wildman–Crippen MR) is 93.0 cm³/mol. The number of carboxylic acids is 1. The third-order valence-electron chi connectivity index (χ3n) is 4.87. The number of rotatable bonds is 13. The van der Waals surface area contributed by atoms with E-state index in [4.69, 9.17) is 5.11 Å². The van der Waals surface area contributed by atoms with E-state index in [9.17, 15) is 9.90 Å². The molecule has 132 valence electrons. The van der Waals surface area contributed by atoms with Gasteiger partial charge in [-0.15, -0.1) is 0 Å². The maximum absolute atomic E-state index is 10.8. The molecule has 0 aromatic carbocycles. The quantitative estimate of drug-likeness (QED) is 0.447. The van der Waals surface area contributed by atoms with Crippen LogP contribution in [-0.2, 0) is 4.79 Å². The number of carboxylic acid groups (broad SMARTS) is 1. The molecule has 0 saturated carbocycles. The Morgan fingerprint density at radius 3 is 1.77 bits per heavy atom. The van der Waals surface area contributed by atoms with E-state index >= 15 is 0 Å². The fourth-order valence-corrected chi connectivity index (χ4v) is 2.79. The number of hydrogen-bond donors (Lipinski definition) is 2. The summed E-state index contributed by atoms with van der Waals surface area (Å²) in [4.78, 5) is 10.8. The van der Waals surface area contributed by atoms with Gasteiger partial charge in [-0.05, 0) is 36.5 Å². The third kappa shape index (κ3) is 12.0. The second-order valence-electron chi connectivity index (χ2n) is 8.40. The lowest BCUT2D eigenvalue weighted by molar-refractivity contribution is -0.139.